The van der Waals surface area contributed by atoms with E-state index in [4.69, 9.17) is 0 Å². The molecule has 0 N–H and O–H groups in total. The van der Waals surface area contributed by atoms with Crippen molar-refractivity contribution in [3.8, 4) is 0 Å². The van der Waals surface area contributed by atoms with Crippen LogP contribution in [0.3, 0.4) is 0 Å². The number of rotatable bonds is 0. The maximum absolute atomic E-state index is 12.8. The molecule has 0 radical (unpaired) electrons. The van der Waals surface area contributed by atoms with Crippen LogP contribution in [0.15, 0.2) is 42.5 Å². The van der Waals surface area contributed by atoms with E-state index in [9.17, 15) is 4.79 Å². The topological polar surface area (TPSA) is 20.3 Å². The van der Waals surface area contributed by atoms with Gasteiger partial charge < -0.3 is 4.90 Å². The van der Waals surface area contributed by atoms with Gasteiger partial charge in [0.1, 0.15) is 5.54 Å². The van der Waals surface area contributed by atoms with Crippen molar-refractivity contribution in [2.45, 2.75) is 25.8 Å². The Morgan fingerprint density at radius 1 is 1.11 bits per heavy atom. The van der Waals surface area contributed by atoms with Crippen molar-refractivity contribution in [3.63, 3.8) is 0 Å². The average Bonchev–Trinajstić information content (AvgIpc) is 2.81. The molecule has 2 aromatic carbocycles. The normalized spacial score (nSPS) is 23.3. The summed E-state index contributed by atoms with van der Waals surface area (Å²) in [6.45, 7) is 4.10. The van der Waals surface area contributed by atoms with Crippen molar-refractivity contribution in [1.82, 2.24) is 0 Å². The second-order valence-electron chi connectivity index (χ2n) is 5.76. The highest BCUT2D eigenvalue weighted by atomic mass is 16.1. The number of nitrogens with zero attached hydrogens (tertiary/aromatic N) is 1. The number of benzene rings is 2. The molecule has 2 aromatic rings. The van der Waals surface area contributed by atoms with Crippen molar-refractivity contribution in [1.29, 1.82) is 0 Å². The number of hydrogen-bond donors (Lipinski definition) is 0. The Morgan fingerprint density at radius 3 is 2.74 bits per heavy atom. The van der Waals surface area contributed by atoms with E-state index in [-0.39, 0.29) is 5.78 Å². The van der Waals surface area contributed by atoms with Gasteiger partial charge in [-0.05, 0) is 37.6 Å². The first-order valence-electron chi connectivity index (χ1n) is 6.65. The van der Waals surface area contributed by atoms with Crippen LogP contribution in [0.1, 0.15) is 28.4 Å². The van der Waals surface area contributed by atoms with Gasteiger partial charge in [0, 0.05) is 17.7 Å². The Kier molecular flexibility index (Phi) is 1.86. The standard InChI is InChI=1S/C17H15NO/c1-11-7-8-15-13(9-11)16(19)17(2)10-12-5-3-4-6-14(12)18(15)17/h3-9H,10H2,1-2H3. The number of hydrogen-bond acceptors (Lipinski definition) is 2. The molecule has 0 aromatic heterocycles. The smallest absolute Gasteiger partial charge is 0.190 e. The molecule has 2 aliphatic rings. The van der Waals surface area contributed by atoms with Crippen LogP contribution in [0.25, 0.3) is 0 Å². The third-order valence-corrected chi connectivity index (χ3v) is 4.39. The first-order valence-corrected chi connectivity index (χ1v) is 6.65. The second kappa shape index (κ2) is 3.27. The summed E-state index contributed by atoms with van der Waals surface area (Å²) in [4.78, 5) is 15.0. The largest absolute Gasteiger partial charge is 0.327 e. The van der Waals surface area contributed by atoms with Crippen LogP contribution in [-0.2, 0) is 6.42 Å². The van der Waals surface area contributed by atoms with Crippen LogP contribution in [0.2, 0.25) is 0 Å². The van der Waals surface area contributed by atoms with E-state index in [1.165, 1.54) is 11.3 Å². The number of carbonyl (C=O) groups excluding carboxylic acids is 1. The van der Waals surface area contributed by atoms with Crippen LogP contribution < -0.4 is 4.90 Å². The lowest BCUT2D eigenvalue weighted by atomic mass is 9.91. The highest BCUT2D eigenvalue weighted by Gasteiger charge is 2.52. The van der Waals surface area contributed by atoms with Crippen molar-refractivity contribution in [3.05, 3.63) is 59.2 Å². The van der Waals surface area contributed by atoms with E-state index < -0.39 is 5.54 Å². The maximum Gasteiger partial charge on any atom is 0.190 e. The number of Topliss-reactive ketones (excluding diaryl/α,β-unsaturated/α-hetero) is 1. The molecule has 0 bridgehead atoms. The first-order chi connectivity index (χ1) is 9.11. The second-order valence-corrected chi connectivity index (χ2v) is 5.76. The molecule has 0 spiro atoms. The fourth-order valence-corrected chi connectivity index (χ4v) is 3.49. The molecule has 1 atom stereocenters. The Labute approximate surface area is 112 Å². The molecule has 19 heavy (non-hydrogen) atoms. The Morgan fingerprint density at radius 2 is 1.89 bits per heavy atom. The molecule has 0 fully saturated rings. The molecule has 0 amide bonds. The predicted molar refractivity (Wildman–Crippen MR) is 76.2 cm³/mol. The minimum absolute atomic E-state index is 0.252. The fraction of sp³-hybridized carbons (Fsp3) is 0.235. The van der Waals surface area contributed by atoms with Gasteiger partial charge >= 0.3 is 0 Å². The molecule has 0 saturated heterocycles. The summed E-state index contributed by atoms with van der Waals surface area (Å²) in [5, 5.41) is 0. The zero-order valence-electron chi connectivity index (χ0n) is 11.1. The lowest BCUT2D eigenvalue weighted by Gasteiger charge is -2.28. The molecule has 0 saturated carbocycles. The van der Waals surface area contributed by atoms with Gasteiger partial charge in [-0.1, -0.05) is 29.8 Å². The molecule has 2 heterocycles. The van der Waals surface area contributed by atoms with Gasteiger partial charge in [0.15, 0.2) is 5.78 Å². The van der Waals surface area contributed by atoms with E-state index in [1.54, 1.807) is 0 Å². The Balaban J connectivity index is 2.02. The molecule has 2 aliphatic heterocycles. The summed E-state index contributed by atoms with van der Waals surface area (Å²) in [7, 11) is 0. The van der Waals surface area contributed by atoms with E-state index in [2.05, 4.69) is 36.1 Å². The van der Waals surface area contributed by atoms with Gasteiger partial charge in [0.2, 0.25) is 0 Å². The van der Waals surface area contributed by atoms with E-state index in [0.29, 0.717) is 0 Å². The molecule has 4 rings (SSSR count). The molecule has 0 aliphatic carbocycles. The molecule has 2 heteroatoms. The van der Waals surface area contributed by atoms with Crippen molar-refractivity contribution in [2.24, 2.45) is 0 Å². The van der Waals surface area contributed by atoms with Gasteiger partial charge in [0.05, 0.1) is 5.69 Å². The fourth-order valence-electron chi connectivity index (χ4n) is 3.49. The van der Waals surface area contributed by atoms with E-state index >= 15 is 0 Å². The van der Waals surface area contributed by atoms with Crippen LogP contribution in [0.5, 0.6) is 0 Å². The van der Waals surface area contributed by atoms with E-state index in [1.807, 2.05) is 25.1 Å². The van der Waals surface area contributed by atoms with Crippen LogP contribution in [-0.4, -0.2) is 11.3 Å². The molecular weight excluding hydrogens is 234 g/mol. The minimum atomic E-state index is -0.431. The number of carbonyl (C=O) groups is 1. The summed E-state index contributed by atoms with van der Waals surface area (Å²) in [5.74, 6) is 0.252. The molecular formula is C17H15NO. The van der Waals surface area contributed by atoms with Crippen molar-refractivity contribution in [2.75, 3.05) is 4.90 Å². The number of aryl methyl sites for hydroxylation is 1. The maximum atomic E-state index is 12.8. The van der Waals surface area contributed by atoms with Gasteiger partial charge in [-0.3, -0.25) is 4.79 Å². The van der Waals surface area contributed by atoms with Gasteiger partial charge in [-0.2, -0.15) is 0 Å². The van der Waals surface area contributed by atoms with Crippen LogP contribution in [0, 0.1) is 6.92 Å². The quantitative estimate of drug-likeness (QED) is 0.710. The summed E-state index contributed by atoms with van der Waals surface area (Å²) in [5.41, 5.74) is 5.09. The molecule has 1 unspecified atom stereocenters. The van der Waals surface area contributed by atoms with Gasteiger partial charge in [-0.25, -0.2) is 0 Å². The van der Waals surface area contributed by atoms with Crippen molar-refractivity contribution >= 4 is 17.2 Å². The molecule has 94 valence electrons. The number of fused-ring (bicyclic) bond motifs is 5. The SMILES string of the molecule is Cc1ccc2c(c1)C(=O)C1(C)Cc3ccccc3N21. The Bertz CT molecular complexity index is 719. The first kappa shape index (κ1) is 10.8. The summed E-state index contributed by atoms with van der Waals surface area (Å²) >= 11 is 0. The zero-order chi connectivity index (χ0) is 13.2. The highest BCUT2D eigenvalue weighted by molar-refractivity contribution is 6.17. The summed E-state index contributed by atoms with van der Waals surface area (Å²) < 4.78 is 0. The summed E-state index contributed by atoms with van der Waals surface area (Å²) in [6.07, 6.45) is 0.801. The summed E-state index contributed by atoms with van der Waals surface area (Å²) in [6, 6.07) is 14.5. The van der Waals surface area contributed by atoms with Gasteiger partial charge in [0.25, 0.3) is 0 Å². The highest BCUT2D eigenvalue weighted by Crippen LogP contribution is 2.51. The van der Waals surface area contributed by atoms with E-state index in [0.717, 1.165) is 23.2 Å². The third kappa shape index (κ3) is 1.19. The zero-order valence-corrected chi connectivity index (χ0v) is 11.1. The average molecular weight is 249 g/mol. The van der Waals surface area contributed by atoms with Crippen molar-refractivity contribution < 1.29 is 4.79 Å². The van der Waals surface area contributed by atoms with Gasteiger partial charge in [-0.15, -0.1) is 0 Å². The Hall–Kier alpha value is -2.09. The monoisotopic (exact) mass is 249 g/mol. The third-order valence-electron chi connectivity index (χ3n) is 4.39. The lowest BCUT2D eigenvalue weighted by molar-refractivity contribution is 0.0923. The number of anilines is 2. The number of para-hydroxylation sites is 1. The molecule has 2 nitrogen and oxygen atoms in total. The minimum Gasteiger partial charge on any atom is -0.327 e. The number of ketones is 1. The van der Waals surface area contributed by atoms with Crippen LogP contribution >= 0.6 is 0 Å². The predicted octanol–water partition coefficient (Wildman–Crippen LogP) is 3.64. The van der Waals surface area contributed by atoms with Crippen LogP contribution in [0.4, 0.5) is 11.4 Å². The lowest BCUT2D eigenvalue weighted by Crippen LogP contribution is -2.42.